The van der Waals surface area contributed by atoms with Crippen molar-refractivity contribution in [2.45, 2.75) is 38.1 Å². The molecule has 2 heteroatoms. The van der Waals surface area contributed by atoms with E-state index < -0.39 is 0 Å². The molecule has 0 bridgehead atoms. The third-order valence-electron chi connectivity index (χ3n) is 5.20. The van der Waals surface area contributed by atoms with Crippen LogP contribution >= 0.6 is 0 Å². The van der Waals surface area contributed by atoms with Gasteiger partial charge >= 0.3 is 0 Å². The Morgan fingerprint density at radius 3 is 2.22 bits per heavy atom. The van der Waals surface area contributed by atoms with Crippen molar-refractivity contribution in [1.29, 1.82) is 0 Å². The molecule has 0 aromatic heterocycles. The van der Waals surface area contributed by atoms with Crippen molar-refractivity contribution in [2.24, 2.45) is 5.41 Å². The first-order chi connectivity index (χ1) is 11.3. The molecule has 1 heterocycles. The Morgan fingerprint density at radius 2 is 1.57 bits per heavy atom. The van der Waals surface area contributed by atoms with E-state index in [0.29, 0.717) is 6.04 Å². The fraction of sp³-hybridized carbons (Fsp3) is 0.429. The number of aryl methyl sites for hydroxylation is 1. The van der Waals surface area contributed by atoms with Crippen molar-refractivity contribution in [3.05, 3.63) is 71.8 Å². The van der Waals surface area contributed by atoms with Crippen LogP contribution in [0.4, 0.5) is 0 Å². The van der Waals surface area contributed by atoms with Gasteiger partial charge in [-0.25, -0.2) is 0 Å². The van der Waals surface area contributed by atoms with Gasteiger partial charge in [0.1, 0.15) is 0 Å². The number of aliphatic hydroxyl groups excluding tert-OH is 1. The number of hydrogen-bond acceptors (Lipinski definition) is 2. The minimum absolute atomic E-state index is 0.240. The van der Waals surface area contributed by atoms with Gasteiger partial charge in [-0.05, 0) is 48.6 Å². The molecule has 0 radical (unpaired) electrons. The van der Waals surface area contributed by atoms with Crippen molar-refractivity contribution in [3.8, 4) is 0 Å². The Hall–Kier alpha value is -1.64. The fourth-order valence-corrected chi connectivity index (χ4v) is 3.87. The molecule has 0 saturated carbocycles. The van der Waals surface area contributed by atoms with Crippen molar-refractivity contribution < 1.29 is 5.11 Å². The minimum Gasteiger partial charge on any atom is -0.396 e. The number of aliphatic hydroxyl groups is 1. The highest BCUT2D eigenvalue weighted by Gasteiger charge is 2.37. The van der Waals surface area contributed by atoms with Gasteiger partial charge in [0.15, 0.2) is 0 Å². The van der Waals surface area contributed by atoms with E-state index in [-0.39, 0.29) is 12.0 Å². The van der Waals surface area contributed by atoms with E-state index in [9.17, 15) is 5.11 Å². The molecule has 2 N–H and O–H groups in total. The zero-order valence-corrected chi connectivity index (χ0v) is 13.7. The normalized spacial score (nSPS) is 24.0. The molecule has 2 aromatic carbocycles. The van der Waals surface area contributed by atoms with Gasteiger partial charge in [-0.2, -0.15) is 0 Å². The molecule has 2 aromatic rings. The second-order valence-electron chi connectivity index (χ2n) is 6.93. The van der Waals surface area contributed by atoms with Gasteiger partial charge in [-0.1, -0.05) is 60.7 Å². The predicted molar refractivity (Wildman–Crippen MR) is 95.5 cm³/mol. The van der Waals surface area contributed by atoms with E-state index >= 15 is 0 Å². The van der Waals surface area contributed by atoms with Gasteiger partial charge in [0.2, 0.25) is 0 Å². The molecule has 2 unspecified atom stereocenters. The quantitative estimate of drug-likeness (QED) is 0.819. The maximum atomic E-state index is 9.54. The lowest BCUT2D eigenvalue weighted by molar-refractivity contribution is 0.183. The summed E-state index contributed by atoms with van der Waals surface area (Å²) < 4.78 is 0. The van der Waals surface area contributed by atoms with E-state index in [1.165, 1.54) is 11.1 Å². The lowest BCUT2D eigenvalue weighted by Gasteiger charge is -2.28. The van der Waals surface area contributed by atoms with Crippen LogP contribution in [0.5, 0.6) is 0 Å². The summed E-state index contributed by atoms with van der Waals surface area (Å²) in [6, 6.07) is 21.9. The maximum Gasteiger partial charge on any atom is 0.0436 e. The molecule has 1 aliphatic rings. The zero-order valence-electron chi connectivity index (χ0n) is 13.7. The van der Waals surface area contributed by atoms with Crippen LogP contribution in [-0.4, -0.2) is 24.3 Å². The summed E-state index contributed by atoms with van der Waals surface area (Å²) >= 11 is 0. The predicted octanol–water partition coefficient (Wildman–Crippen LogP) is 3.59. The van der Waals surface area contributed by atoms with Crippen LogP contribution < -0.4 is 5.32 Å². The van der Waals surface area contributed by atoms with E-state index in [1.807, 2.05) is 0 Å². The van der Waals surface area contributed by atoms with Crippen molar-refractivity contribution in [3.63, 3.8) is 0 Å². The Balaban J connectivity index is 1.60. The van der Waals surface area contributed by atoms with E-state index in [2.05, 4.69) is 66.0 Å². The number of rotatable bonds is 7. The van der Waals surface area contributed by atoms with Crippen LogP contribution in [0.1, 0.15) is 30.4 Å². The number of benzene rings is 2. The molecule has 23 heavy (non-hydrogen) atoms. The summed E-state index contributed by atoms with van der Waals surface area (Å²) in [5, 5.41) is 13.2. The highest BCUT2D eigenvalue weighted by atomic mass is 16.3. The topological polar surface area (TPSA) is 32.3 Å². The highest BCUT2D eigenvalue weighted by Crippen LogP contribution is 2.38. The minimum atomic E-state index is 0.240. The fourth-order valence-electron chi connectivity index (χ4n) is 3.87. The van der Waals surface area contributed by atoms with Gasteiger partial charge in [0, 0.05) is 19.2 Å². The first-order valence-electron chi connectivity index (χ1n) is 8.72. The first-order valence-corrected chi connectivity index (χ1v) is 8.72. The second kappa shape index (κ2) is 7.76. The molecular weight excluding hydrogens is 282 g/mol. The highest BCUT2D eigenvalue weighted by molar-refractivity contribution is 5.18. The summed E-state index contributed by atoms with van der Waals surface area (Å²) in [5.74, 6) is 0. The summed E-state index contributed by atoms with van der Waals surface area (Å²) in [7, 11) is 0. The monoisotopic (exact) mass is 309 g/mol. The van der Waals surface area contributed by atoms with Crippen LogP contribution in [0.15, 0.2) is 60.7 Å². The maximum absolute atomic E-state index is 9.54. The lowest BCUT2D eigenvalue weighted by atomic mass is 9.77. The first kappa shape index (κ1) is 16.2. The SMILES string of the molecule is OCCC1(CCc2ccccc2)CNC(Cc2ccccc2)C1. The summed E-state index contributed by atoms with van der Waals surface area (Å²) in [4.78, 5) is 0. The molecule has 1 saturated heterocycles. The van der Waals surface area contributed by atoms with Crippen molar-refractivity contribution in [1.82, 2.24) is 5.32 Å². The van der Waals surface area contributed by atoms with Gasteiger partial charge in [-0.15, -0.1) is 0 Å². The van der Waals surface area contributed by atoms with Gasteiger partial charge < -0.3 is 10.4 Å². The molecule has 0 aliphatic carbocycles. The summed E-state index contributed by atoms with van der Waals surface area (Å²) in [5.41, 5.74) is 3.04. The van der Waals surface area contributed by atoms with Gasteiger partial charge in [0.25, 0.3) is 0 Å². The third-order valence-corrected chi connectivity index (χ3v) is 5.20. The standard InChI is InChI=1S/C21H27NO/c23-14-13-21(12-11-18-7-3-1-4-8-18)16-20(22-17-21)15-19-9-5-2-6-10-19/h1-10,20,22-23H,11-17H2. The van der Waals surface area contributed by atoms with Crippen LogP contribution in [0.2, 0.25) is 0 Å². The Kier molecular flexibility index (Phi) is 5.47. The molecule has 2 atom stereocenters. The second-order valence-corrected chi connectivity index (χ2v) is 6.93. The van der Waals surface area contributed by atoms with Crippen LogP contribution in [0.3, 0.4) is 0 Å². The molecule has 3 rings (SSSR count). The van der Waals surface area contributed by atoms with Crippen LogP contribution in [0.25, 0.3) is 0 Å². The lowest BCUT2D eigenvalue weighted by Crippen LogP contribution is -2.26. The molecular formula is C21H27NO. The zero-order chi connectivity index (χ0) is 16.0. The molecule has 0 spiro atoms. The van der Waals surface area contributed by atoms with Gasteiger partial charge in [0.05, 0.1) is 0 Å². The summed E-state index contributed by atoms with van der Waals surface area (Å²) in [6.07, 6.45) is 5.39. The smallest absolute Gasteiger partial charge is 0.0436 e. The Morgan fingerprint density at radius 1 is 0.913 bits per heavy atom. The van der Waals surface area contributed by atoms with Crippen LogP contribution in [-0.2, 0) is 12.8 Å². The van der Waals surface area contributed by atoms with Crippen molar-refractivity contribution >= 4 is 0 Å². The van der Waals surface area contributed by atoms with Crippen molar-refractivity contribution in [2.75, 3.05) is 13.2 Å². The summed E-state index contributed by atoms with van der Waals surface area (Å²) in [6.45, 7) is 1.31. The largest absolute Gasteiger partial charge is 0.396 e. The number of nitrogens with one attached hydrogen (secondary N) is 1. The van der Waals surface area contributed by atoms with E-state index in [4.69, 9.17) is 0 Å². The number of hydrogen-bond donors (Lipinski definition) is 2. The third kappa shape index (κ3) is 4.43. The average Bonchev–Trinajstić information content (AvgIpc) is 2.98. The molecule has 2 nitrogen and oxygen atoms in total. The van der Waals surface area contributed by atoms with E-state index in [1.54, 1.807) is 0 Å². The van der Waals surface area contributed by atoms with Gasteiger partial charge in [-0.3, -0.25) is 0 Å². The average molecular weight is 309 g/mol. The molecule has 0 amide bonds. The molecule has 1 aliphatic heterocycles. The van der Waals surface area contributed by atoms with E-state index in [0.717, 1.165) is 38.6 Å². The Bertz CT molecular complexity index is 583. The molecule has 122 valence electrons. The molecule has 1 fully saturated rings. The van der Waals surface area contributed by atoms with Crippen LogP contribution in [0, 0.1) is 5.41 Å². The Labute approximate surface area is 139 Å².